The number of aromatic nitrogens is 2. The van der Waals surface area contributed by atoms with Gasteiger partial charge in [-0.1, -0.05) is 145 Å². The van der Waals surface area contributed by atoms with Crippen LogP contribution in [0.4, 0.5) is 22.7 Å². The average Bonchev–Trinajstić information content (AvgIpc) is 3.97. The van der Waals surface area contributed by atoms with Crippen molar-refractivity contribution in [3.05, 3.63) is 224 Å². The molecule has 0 fully saturated rings. The van der Waals surface area contributed by atoms with Gasteiger partial charge in [-0.05, 0) is 58.8 Å². The Balaban J connectivity index is 0.00000657. The maximum absolute atomic E-state index is 9.01. The number of rotatable bonds is 8. The molecule has 0 amide bonds. The molecule has 10 aromatic rings. The molecule has 0 unspecified atom stereocenters. The Labute approximate surface area is 391 Å². The van der Waals surface area contributed by atoms with Crippen LogP contribution in [0.5, 0.6) is 11.5 Å². The Hall–Kier alpha value is -7.20. The number of nitrogens with zero attached hydrogens (tertiary/aromatic N) is 4. The van der Waals surface area contributed by atoms with Gasteiger partial charge in [0.25, 0.3) is 0 Å². The normalized spacial score (nSPS) is 15.5. The van der Waals surface area contributed by atoms with Crippen LogP contribution in [0, 0.1) is 25.7 Å². The predicted octanol–water partition coefficient (Wildman–Crippen LogP) is 14.3. The number of benzene rings is 8. The number of hydrogen-bond donors (Lipinski definition) is 0. The number of anilines is 4. The first kappa shape index (κ1) is 24.8. The molecule has 0 saturated carbocycles. The summed E-state index contributed by atoms with van der Waals surface area (Å²) in [5.74, 6) is 1.12. The first-order valence-electron chi connectivity index (χ1n) is 26.4. The molecule has 6 heteroatoms. The van der Waals surface area contributed by atoms with Gasteiger partial charge in [-0.2, -0.15) is 12.1 Å². The van der Waals surface area contributed by atoms with Crippen LogP contribution in [0.2, 0.25) is 0 Å². The van der Waals surface area contributed by atoms with Gasteiger partial charge >= 0.3 is 0 Å². The maximum atomic E-state index is 9.01. The van der Waals surface area contributed by atoms with Crippen molar-refractivity contribution in [2.45, 2.75) is 6.92 Å². The van der Waals surface area contributed by atoms with Gasteiger partial charge in [0.2, 0.25) is 0 Å². The third-order valence-corrected chi connectivity index (χ3v) is 10.3. The molecule has 0 aliphatic carbocycles. The number of para-hydroxylation sites is 4. The largest absolute Gasteiger partial charge is 0.509 e. The van der Waals surface area contributed by atoms with Gasteiger partial charge in [0.15, 0.2) is 0 Å². The van der Waals surface area contributed by atoms with E-state index in [0.29, 0.717) is 51.0 Å². The summed E-state index contributed by atoms with van der Waals surface area (Å²) in [6.45, 7) is 3.49. The second-order valence-electron chi connectivity index (χ2n) is 13.8. The van der Waals surface area contributed by atoms with Crippen LogP contribution >= 0.6 is 0 Å². The molecular weight excluding hydrogens is 928 g/mol. The monoisotopic (exact) mass is 979 g/mol. The minimum Gasteiger partial charge on any atom is -0.509 e. The van der Waals surface area contributed by atoms with E-state index in [1.165, 1.54) is 6.20 Å². The fourth-order valence-electron chi connectivity index (χ4n) is 7.69. The van der Waals surface area contributed by atoms with Gasteiger partial charge in [-0.15, -0.1) is 48.1 Å². The van der Waals surface area contributed by atoms with Crippen LogP contribution in [-0.4, -0.2) is 9.55 Å². The van der Waals surface area contributed by atoms with Crippen molar-refractivity contribution in [1.82, 2.24) is 9.55 Å². The Morgan fingerprint density at radius 1 is 0.574 bits per heavy atom. The van der Waals surface area contributed by atoms with Crippen LogP contribution in [0.1, 0.15) is 26.1 Å². The number of aryl methyl sites for hydroxylation is 1. The summed E-state index contributed by atoms with van der Waals surface area (Å²) in [5.41, 5.74) is 4.33. The zero-order valence-corrected chi connectivity index (χ0v) is 34.3. The Morgan fingerprint density at radius 3 is 1.84 bits per heavy atom. The molecule has 0 bridgehead atoms. The molecule has 61 heavy (non-hydrogen) atoms. The third-order valence-electron chi connectivity index (χ3n) is 10.3. The van der Waals surface area contributed by atoms with Gasteiger partial charge in [0.1, 0.15) is 5.82 Å². The zero-order valence-electron chi connectivity index (χ0n) is 47.0. The molecule has 11 rings (SSSR count). The average molecular weight is 980 g/mol. The predicted molar refractivity (Wildman–Crippen MR) is 245 cm³/mol. The van der Waals surface area contributed by atoms with E-state index in [-0.39, 0.29) is 66.7 Å². The van der Waals surface area contributed by atoms with Gasteiger partial charge in [-0.3, -0.25) is 0 Å². The fourth-order valence-corrected chi connectivity index (χ4v) is 7.69. The van der Waals surface area contributed by atoms with Crippen molar-refractivity contribution in [2.24, 2.45) is 0 Å². The van der Waals surface area contributed by atoms with Crippen LogP contribution in [0.25, 0.3) is 61.0 Å². The summed E-state index contributed by atoms with van der Waals surface area (Å²) >= 11 is 0. The summed E-state index contributed by atoms with van der Waals surface area (Å²) in [6, 6.07) is 29.9. The van der Waals surface area contributed by atoms with E-state index in [2.05, 4.69) is 12.1 Å². The molecule has 0 radical (unpaired) electrons. The Kier molecular flexibility index (Phi) is 6.54. The molecule has 296 valence electrons. The van der Waals surface area contributed by atoms with Gasteiger partial charge in [0, 0.05) is 78.0 Å². The van der Waals surface area contributed by atoms with E-state index in [1.54, 1.807) is 84.1 Å². The van der Waals surface area contributed by atoms with Crippen molar-refractivity contribution >= 4 is 44.6 Å². The van der Waals surface area contributed by atoms with E-state index in [4.69, 9.17) is 30.3 Å². The molecule has 0 atom stereocenters. The van der Waals surface area contributed by atoms with E-state index in [1.807, 2.05) is 47.0 Å². The SMILES string of the molecule is [2H]c1c([2H])c([2H])c(-c2cnc(-n3c4[c-]c(Oc5[c-]c(N6[CH-]N(c7c(-c8c([2H])c([2H])c([2H])c([2H])c8[2H])cccc7-c7c([2H])c([2H])c([2H])c([2H])c7[2H])c7ccccc76)ccc5)ccc4c4ccccc43)cc2C)c([2H])c1[2H].[Pt]. The van der Waals surface area contributed by atoms with Gasteiger partial charge in [0.05, 0.1) is 20.6 Å². The van der Waals surface area contributed by atoms with Crippen LogP contribution in [0.15, 0.2) is 200 Å². The van der Waals surface area contributed by atoms with E-state index < -0.39 is 78.6 Å². The minimum absolute atomic E-state index is 0. The van der Waals surface area contributed by atoms with Crippen LogP contribution in [0.3, 0.4) is 0 Å². The zero-order chi connectivity index (χ0) is 53.0. The van der Waals surface area contributed by atoms with Crippen molar-refractivity contribution < 1.29 is 46.4 Å². The van der Waals surface area contributed by atoms with Gasteiger partial charge in [-0.25, -0.2) is 4.98 Å². The minimum atomic E-state index is -0.589. The number of pyridine rings is 1. The summed E-state index contributed by atoms with van der Waals surface area (Å²) in [6.07, 6.45) is 1.51. The van der Waals surface area contributed by atoms with Crippen LogP contribution < -0.4 is 14.5 Å². The molecule has 5 nitrogen and oxygen atoms in total. The molecule has 1 aliphatic rings. The molecule has 0 spiro atoms. The number of hydrogen-bond acceptors (Lipinski definition) is 4. The molecule has 1 aliphatic heterocycles. The quantitative estimate of drug-likeness (QED) is 0.142. The van der Waals surface area contributed by atoms with E-state index >= 15 is 0 Å². The fraction of sp³-hybridized carbons (Fsp3) is 0.0182. The van der Waals surface area contributed by atoms with Gasteiger partial charge < -0.3 is 19.1 Å². The summed E-state index contributed by atoms with van der Waals surface area (Å²) < 4.78 is 137. The maximum Gasteiger partial charge on any atom is 0.135 e. The topological polar surface area (TPSA) is 33.5 Å². The third kappa shape index (κ3) is 6.87. The van der Waals surface area contributed by atoms with Crippen LogP contribution in [-0.2, 0) is 21.1 Å². The molecular formula is C55H37N4OPt-3. The van der Waals surface area contributed by atoms with Crippen molar-refractivity contribution in [3.8, 4) is 50.7 Å². The molecule has 8 aromatic carbocycles. The first-order chi connectivity index (χ1) is 35.9. The summed E-state index contributed by atoms with van der Waals surface area (Å²) in [5, 5.41) is 1.76. The molecule has 2 aromatic heterocycles. The smallest absolute Gasteiger partial charge is 0.135 e. The summed E-state index contributed by atoms with van der Waals surface area (Å²) in [7, 11) is 0. The second kappa shape index (κ2) is 16.1. The molecule has 3 heterocycles. The number of ether oxygens (including phenoxy) is 1. The van der Waals surface area contributed by atoms with Crippen molar-refractivity contribution in [3.63, 3.8) is 0 Å². The Bertz CT molecular complexity index is 3920. The second-order valence-corrected chi connectivity index (χ2v) is 13.8. The first-order valence-corrected chi connectivity index (χ1v) is 18.9. The van der Waals surface area contributed by atoms with Crippen molar-refractivity contribution in [1.29, 1.82) is 0 Å². The molecule has 0 N–H and O–H groups in total. The van der Waals surface area contributed by atoms with Crippen molar-refractivity contribution in [2.75, 3.05) is 9.80 Å². The number of fused-ring (bicyclic) bond motifs is 4. The standard InChI is InChI=1S/C55H37N4O.Pt/c1-38-33-54(56-36-49(38)41-21-9-4-10-22-41)59-50-28-12-11-25-47(50)48-32-31-44(35-53(48)59)60-43-24-15-23-42(34-43)57-37-58(52-30-14-13-29-51(52)57)55-45(39-17-5-2-6-18-39)26-16-27-46(55)40-19-7-3-8-20-40;/h2-33,36-37H,1H3;/q-3;/i2D,3D,4D,5D,6D,7D,8D,9D,10D,17D,18D,19D,20D,21D,22D;. The summed E-state index contributed by atoms with van der Waals surface area (Å²) in [4.78, 5) is 8.29. The Morgan fingerprint density at radius 2 is 1.16 bits per heavy atom. The molecule has 0 saturated heterocycles. The van der Waals surface area contributed by atoms with E-state index in [0.717, 1.165) is 16.3 Å². The van der Waals surface area contributed by atoms with E-state index in [9.17, 15) is 0 Å².